The molecule has 1 aliphatic rings. The second-order valence-corrected chi connectivity index (χ2v) is 7.10. The zero-order valence-corrected chi connectivity index (χ0v) is 16.1. The summed E-state index contributed by atoms with van der Waals surface area (Å²) < 4.78 is 7.56. The second kappa shape index (κ2) is 6.32. The van der Waals surface area contributed by atoms with E-state index in [4.69, 9.17) is 16.3 Å². The molecule has 1 atom stereocenters. The van der Waals surface area contributed by atoms with Crippen LogP contribution in [-0.2, 0) is 23.2 Å². The molecule has 1 N–H and O–H groups in total. The van der Waals surface area contributed by atoms with Gasteiger partial charge >= 0.3 is 0 Å². The Morgan fingerprint density at radius 1 is 1.42 bits per heavy atom. The van der Waals surface area contributed by atoms with Crippen molar-refractivity contribution in [2.24, 2.45) is 7.05 Å². The number of nitrogens with zero attached hydrogens (tertiary/aromatic N) is 3. The third-order valence-electron chi connectivity index (χ3n) is 4.75. The molecular weight excluding hydrogens is 356 g/mol. The number of benzene rings is 1. The van der Waals surface area contributed by atoms with Gasteiger partial charge < -0.3 is 15.0 Å². The van der Waals surface area contributed by atoms with E-state index in [0.29, 0.717) is 23.0 Å². The number of amides is 2. The van der Waals surface area contributed by atoms with Gasteiger partial charge in [-0.15, -0.1) is 0 Å². The Morgan fingerprint density at radius 2 is 2.12 bits per heavy atom. The van der Waals surface area contributed by atoms with Crippen LogP contribution in [0, 0.1) is 13.8 Å². The number of carbonyl (C=O) groups is 2. The molecule has 26 heavy (non-hydrogen) atoms. The number of halogens is 1. The SMILES string of the molecule is Cc1nn(C)c(C)c1CN(C)C(=O)C1(C)Oc2ccc(Cl)cc2NC1=O. The van der Waals surface area contributed by atoms with Gasteiger partial charge in [0.2, 0.25) is 0 Å². The largest absolute Gasteiger partial charge is 0.466 e. The Kier molecular flexibility index (Phi) is 4.44. The third kappa shape index (κ3) is 2.92. The molecule has 0 spiro atoms. The number of carbonyl (C=O) groups excluding carboxylic acids is 2. The number of likely N-dealkylation sites (N-methyl/N-ethyl adjacent to an activating group) is 1. The standard InChI is InChI=1S/C18H21ClN4O3/c1-10-13(11(2)23(5)21-10)9-22(4)17(25)18(3)16(24)20-14-8-12(19)6-7-15(14)26-18/h6-8H,9H2,1-5H3,(H,20,24). The molecule has 2 heterocycles. The molecule has 2 amide bonds. The average molecular weight is 377 g/mol. The quantitative estimate of drug-likeness (QED) is 0.835. The molecule has 7 nitrogen and oxygen atoms in total. The molecule has 138 valence electrons. The fourth-order valence-electron chi connectivity index (χ4n) is 3.06. The van der Waals surface area contributed by atoms with Crippen molar-refractivity contribution >= 4 is 29.1 Å². The predicted molar refractivity (Wildman–Crippen MR) is 98.3 cm³/mol. The number of anilines is 1. The van der Waals surface area contributed by atoms with E-state index in [9.17, 15) is 9.59 Å². The first-order valence-corrected chi connectivity index (χ1v) is 8.56. The van der Waals surface area contributed by atoms with Crippen molar-refractivity contribution in [2.75, 3.05) is 12.4 Å². The first kappa shape index (κ1) is 18.3. The minimum absolute atomic E-state index is 0.337. The number of aromatic nitrogens is 2. The smallest absolute Gasteiger partial charge is 0.278 e. The Labute approximate surface area is 156 Å². The van der Waals surface area contributed by atoms with Gasteiger partial charge in [-0.2, -0.15) is 5.10 Å². The number of nitrogens with one attached hydrogen (secondary N) is 1. The fourth-order valence-corrected chi connectivity index (χ4v) is 3.23. The zero-order chi connectivity index (χ0) is 19.2. The third-order valence-corrected chi connectivity index (χ3v) is 4.98. The van der Waals surface area contributed by atoms with Crippen LogP contribution in [0.1, 0.15) is 23.9 Å². The highest BCUT2D eigenvalue weighted by molar-refractivity contribution is 6.31. The lowest BCUT2D eigenvalue weighted by atomic mass is 10.0. The Morgan fingerprint density at radius 3 is 2.73 bits per heavy atom. The summed E-state index contributed by atoms with van der Waals surface area (Å²) in [5.41, 5.74) is 1.58. The minimum atomic E-state index is -1.65. The van der Waals surface area contributed by atoms with E-state index in [2.05, 4.69) is 10.4 Å². The lowest BCUT2D eigenvalue weighted by Crippen LogP contribution is -2.58. The molecule has 0 radical (unpaired) electrons. The minimum Gasteiger partial charge on any atom is -0.466 e. The van der Waals surface area contributed by atoms with Crippen molar-refractivity contribution in [1.29, 1.82) is 0 Å². The molecule has 1 aromatic heterocycles. The lowest BCUT2D eigenvalue weighted by Gasteiger charge is -2.36. The molecule has 0 bridgehead atoms. The monoisotopic (exact) mass is 376 g/mol. The second-order valence-electron chi connectivity index (χ2n) is 6.66. The predicted octanol–water partition coefficient (Wildman–Crippen LogP) is 2.44. The molecule has 1 aliphatic heterocycles. The van der Waals surface area contributed by atoms with Crippen molar-refractivity contribution in [3.63, 3.8) is 0 Å². The summed E-state index contributed by atoms with van der Waals surface area (Å²) in [6, 6.07) is 4.87. The van der Waals surface area contributed by atoms with Gasteiger partial charge in [-0.1, -0.05) is 11.6 Å². The maximum absolute atomic E-state index is 13.0. The first-order chi connectivity index (χ1) is 12.1. The Hall–Kier alpha value is -2.54. The molecule has 3 rings (SSSR count). The van der Waals surface area contributed by atoms with Crippen molar-refractivity contribution in [1.82, 2.24) is 14.7 Å². The summed E-state index contributed by atoms with van der Waals surface area (Å²) >= 11 is 5.94. The zero-order valence-electron chi connectivity index (χ0n) is 15.4. The van der Waals surface area contributed by atoms with Crippen molar-refractivity contribution in [2.45, 2.75) is 32.9 Å². The number of ether oxygens (including phenoxy) is 1. The summed E-state index contributed by atoms with van der Waals surface area (Å²) in [6.07, 6.45) is 0. The number of hydrogen-bond donors (Lipinski definition) is 1. The highest BCUT2D eigenvalue weighted by Crippen LogP contribution is 2.36. The molecule has 2 aromatic rings. The van der Waals surface area contributed by atoms with Gasteiger partial charge in [0.25, 0.3) is 17.4 Å². The van der Waals surface area contributed by atoms with Crippen LogP contribution >= 0.6 is 11.6 Å². The van der Waals surface area contributed by atoms with Gasteiger partial charge in [0.15, 0.2) is 0 Å². The molecule has 0 saturated heterocycles. The highest BCUT2D eigenvalue weighted by Gasteiger charge is 2.48. The van der Waals surface area contributed by atoms with Gasteiger partial charge in [0, 0.05) is 36.9 Å². The van der Waals surface area contributed by atoms with Gasteiger partial charge in [-0.05, 0) is 39.0 Å². The highest BCUT2D eigenvalue weighted by atomic mass is 35.5. The molecule has 0 saturated carbocycles. The Balaban J connectivity index is 1.86. The summed E-state index contributed by atoms with van der Waals surface area (Å²) in [5.74, 6) is -0.547. The van der Waals surface area contributed by atoms with Crippen LogP contribution in [0.4, 0.5) is 5.69 Å². The lowest BCUT2D eigenvalue weighted by molar-refractivity contribution is -0.154. The van der Waals surface area contributed by atoms with Gasteiger partial charge in [-0.3, -0.25) is 14.3 Å². The molecule has 1 aromatic carbocycles. The number of rotatable bonds is 3. The van der Waals surface area contributed by atoms with E-state index in [0.717, 1.165) is 17.0 Å². The number of aryl methyl sites for hydroxylation is 2. The number of hydrogen-bond acceptors (Lipinski definition) is 4. The normalized spacial score (nSPS) is 18.8. The maximum atomic E-state index is 13.0. The summed E-state index contributed by atoms with van der Waals surface area (Å²) in [6.45, 7) is 5.65. The summed E-state index contributed by atoms with van der Waals surface area (Å²) in [7, 11) is 3.50. The molecule has 0 aliphatic carbocycles. The van der Waals surface area contributed by atoms with Crippen LogP contribution < -0.4 is 10.1 Å². The van der Waals surface area contributed by atoms with Crippen molar-refractivity contribution < 1.29 is 14.3 Å². The van der Waals surface area contributed by atoms with E-state index < -0.39 is 17.4 Å². The molecule has 0 fully saturated rings. The van der Waals surface area contributed by atoms with Crippen LogP contribution in [0.5, 0.6) is 5.75 Å². The molecule has 1 unspecified atom stereocenters. The molecule has 8 heteroatoms. The van der Waals surface area contributed by atoms with Crippen LogP contribution in [0.3, 0.4) is 0 Å². The van der Waals surface area contributed by atoms with Crippen LogP contribution in [0.25, 0.3) is 0 Å². The topological polar surface area (TPSA) is 76.5 Å². The summed E-state index contributed by atoms with van der Waals surface area (Å²) in [5, 5.41) is 7.54. The van der Waals surface area contributed by atoms with E-state index >= 15 is 0 Å². The van der Waals surface area contributed by atoms with Gasteiger partial charge in [0.1, 0.15) is 5.75 Å². The van der Waals surface area contributed by atoms with E-state index in [1.165, 1.54) is 11.8 Å². The van der Waals surface area contributed by atoms with Crippen molar-refractivity contribution in [3.05, 3.63) is 40.2 Å². The van der Waals surface area contributed by atoms with Gasteiger partial charge in [-0.25, -0.2) is 0 Å². The van der Waals surface area contributed by atoms with E-state index in [-0.39, 0.29) is 0 Å². The average Bonchev–Trinajstić information content (AvgIpc) is 2.81. The number of fused-ring (bicyclic) bond motifs is 1. The first-order valence-electron chi connectivity index (χ1n) is 8.18. The van der Waals surface area contributed by atoms with Crippen LogP contribution in [-0.4, -0.2) is 39.1 Å². The van der Waals surface area contributed by atoms with Crippen molar-refractivity contribution in [3.8, 4) is 5.75 Å². The van der Waals surface area contributed by atoms with Gasteiger partial charge in [0.05, 0.1) is 11.4 Å². The van der Waals surface area contributed by atoms with Crippen LogP contribution in [0.2, 0.25) is 5.02 Å². The van der Waals surface area contributed by atoms with Crippen LogP contribution in [0.15, 0.2) is 18.2 Å². The van der Waals surface area contributed by atoms with E-state index in [1.54, 1.807) is 29.9 Å². The fraction of sp³-hybridized carbons (Fsp3) is 0.389. The Bertz CT molecular complexity index is 908. The maximum Gasteiger partial charge on any atom is 0.278 e. The molecular formula is C18H21ClN4O3. The van der Waals surface area contributed by atoms with E-state index in [1.807, 2.05) is 20.9 Å². The summed E-state index contributed by atoms with van der Waals surface area (Å²) in [4.78, 5) is 27.1.